The normalized spacial score (nSPS) is 26.1. The van der Waals surface area contributed by atoms with Gasteiger partial charge in [0.05, 0.1) is 12.0 Å². The van der Waals surface area contributed by atoms with E-state index in [1.54, 1.807) is 24.3 Å². The minimum atomic E-state index is -0.987. The van der Waals surface area contributed by atoms with E-state index in [1.165, 1.54) is 12.2 Å². The number of allylic oxidation sites excluding steroid dienone is 3. The van der Waals surface area contributed by atoms with Crippen LogP contribution < -0.4 is 0 Å². The molecule has 3 rings (SSSR count). The first-order valence-electron chi connectivity index (χ1n) is 5.62. The molecule has 4 nitrogen and oxygen atoms in total. The van der Waals surface area contributed by atoms with Gasteiger partial charge in [0.25, 0.3) is 0 Å². The number of hydrogen-bond acceptors (Lipinski definition) is 4. The van der Waals surface area contributed by atoms with E-state index in [-0.39, 0.29) is 22.9 Å². The van der Waals surface area contributed by atoms with Gasteiger partial charge < -0.3 is 20.4 Å². The van der Waals surface area contributed by atoms with Crippen molar-refractivity contribution < 1.29 is 20.4 Å². The predicted molar refractivity (Wildman–Crippen MR) is 65.9 cm³/mol. The molecule has 0 heterocycles. The second-order valence-corrected chi connectivity index (χ2v) is 4.42. The lowest BCUT2D eigenvalue weighted by atomic mass is 9.76. The summed E-state index contributed by atoms with van der Waals surface area (Å²) in [5.41, 5.74) is 1.19. The van der Waals surface area contributed by atoms with Gasteiger partial charge in [-0.05, 0) is 17.7 Å². The van der Waals surface area contributed by atoms with Crippen molar-refractivity contribution in [3.63, 3.8) is 0 Å². The van der Waals surface area contributed by atoms with Crippen LogP contribution in [-0.4, -0.2) is 20.4 Å². The van der Waals surface area contributed by atoms with E-state index >= 15 is 0 Å². The maximum atomic E-state index is 10.3. The quantitative estimate of drug-likeness (QED) is 0.565. The van der Waals surface area contributed by atoms with Crippen molar-refractivity contribution in [1.82, 2.24) is 0 Å². The van der Waals surface area contributed by atoms with Crippen molar-refractivity contribution in [2.45, 2.75) is 6.10 Å². The van der Waals surface area contributed by atoms with Gasteiger partial charge >= 0.3 is 0 Å². The summed E-state index contributed by atoms with van der Waals surface area (Å²) in [6.45, 7) is 0. The second kappa shape index (κ2) is 3.65. The fourth-order valence-electron chi connectivity index (χ4n) is 2.55. The first kappa shape index (κ1) is 10.9. The first-order valence-corrected chi connectivity index (χ1v) is 5.62. The van der Waals surface area contributed by atoms with Crippen LogP contribution in [0.3, 0.4) is 0 Å². The summed E-state index contributed by atoms with van der Waals surface area (Å²) in [4.78, 5) is 0. The molecule has 0 amide bonds. The van der Waals surface area contributed by atoms with Crippen molar-refractivity contribution in [2.24, 2.45) is 5.92 Å². The second-order valence-electron chi connectivity index (χ2n) is 4.42. The van der Waals surface area contributed by atoms with Crippen molar-refractivity contribution in [3.8, 4) is 0 Å². The summed E-state index contributed by atoms with van der Waals surface area (Å²) < 4.78 is 0. The Labute approximate surface area is 103 Å². The van der Waals surface area contributed by atoms with E-state index in [4.69, 9.17) is 0 Å². The molecule has 0 radical (unpaired) electrons. The van der Waals surface area contributed by atoms with E-state index in [0.717, 1.165) is 0 Å². The molecule has 0 saturated carbocycles. The van der Waals surface area contributed by atoms with E-state index in [9.17, 15) is 20.4 Å². The highest BCUT2D eigenvalue weighted by atomic mass is 16.3. The number of hydrogen-bond donors (Lipinski definition) is 4. The van der Waals surface area contributed by atoms with Gasteiger partial charge in [0.2, 0.25) is 0 Å². The Morgan fingerprint density at radius 3 is 2.44 bits per heavy atom. The largest absolute Gasteiger partial charge is 0.512 e. The molecule has 0 bridgehead atoms. The highest BCUT2D eigenvalue weighted by Gasteiger charge is 2.40. The minimum Gasteiger partial charge on any atom is -0.512 e. The van der Waals surface area contributed by atoms with E-state index in [1.807, 2.05) is 0 Å². The molecule has 1 aromatic carbocycles. The standard InChI is InChI=1S/C14H12O4/c15-9-5-6-10(16)12-11(9)13(17)7-3-1-2-4-8(7)14(12)18/h1-6,11,13,15-18H. The average Bonchev–Trinajstić information content (AvgIpc) is 2.38. The van der Waals surface area contributed by atoms with Crippen LogP contribution in [0.2, 0.25) is 0 Å². The van der Waals surface area contributed by atoms with Crippen molar-refractivity contribution >= 4 is 5.76 Å². The summed E-state index contributed by atoms with van der Waals surface area (Å²) in [6.07, 6.45) is 1.64. The Kier molecular flexibility index (Phi) is 2.21. The lowest BCUT2D eigenvalue weighted by Crippen LogP contribution is -2.26. The Bertz CT molecular complexity index is 610. The zero-order valence-corrected chi connectivity index (χ0v) is 9.41. The van der Waals surface area contributed by atoms with Gasteiger partial charge in [-0.25, -0.2) is 0 Å². The number of rotatable bonds is 0. The molecule has 0 spiro atoms. The maximum Gasteiger partial charge on any atom is 0.130 e. The van der Waals surface area contributed by atoms with Crippen LogP contribution in [0.1, 0.15) is 17.2 Å². The maximum absolute atomic E-state index is 10.3. The Morgan fingerprint density at radius 2 is 1.67 bits per heavy atom. The van der Waals surface area contributed by atoms with Crippen LogP contribution in [-0.2, 0) is 0 Å². The molecule has 2 aliphatic rings. The van der Waals surface area contributed by atoms with Crippen LogP contribution >= 0.6 is 0 Å². The van der Waals surface area contributed by atoms with Gasteiger partial charge in [-0.2, -0.15) is 0 Å². The smallest absolute Gasteiger partial charge is 0.130 e. The van der Waals surface area contributed by atoms with Gasteiger partial charge in [-0.1, -0.05) is 24.3 Å². The van der Waals surface area contributed by atoms with E-state index in [2.05, 4.69) is 0 Å². The van der Waals surface area contributed by atoms with E-state index in [0.29, 0.717) is 11.1 Å². The molecular formula is C14H12O4. The molecule has 4 N–H and O–H groups in total. The molecule has 2 aliphatic carbocycles. The van der Waals surface area contributed by atoms with Gasteiger partial charge in [-0.3, -0.25) is 0 Å². The SMILES string of the molecule is OC1=CC=C(O)C2C1=C(O)c1ccccc1C2O. The third-order valence-corrected chi connectivity index (χ3v) is 3.42. The van der Waals surface area contributed by atoms with Crippen LogP contribution in [0.4, 0.5) is 0 Å². The molecule has 1 aromatic rings. The highest BCUT2D eigenvalue weighted by molar-refractivity contribution is 5.73. The summed E-state index contributed by atoms with van der Waals surface area (Å²) in [5.74, 6) is -1.13. The zero-order chi connectivity index (χ0) is 12.9. The summed E-state index contributed by atoms with van der Waals surface area (Å²) in [5, 5.41) is 40.1. The lowest BCUT2D eigenvalue weighted by Gasteiger charge is -2.33. The van der Waals surface area contributed by atoms with Crippen molar-refractivity contribution in [3.05, 3.63) is 64.6 Å². The third-order valence-electron chi connectivity index (χ3n) is 3.42. The van der Waals surface area contributed by atoms with Crippen molar-refractivity contribution in [2.75, 3.05) is 0 Å². The molecule has 2 atom stereocenters. The predicted octanol–water partition coefficient (Wildman–Crippen LogP) is 2.52. The van der Waals surface area contributed by atoms with Gasteiger partial charge in [0.15, 0.2) is 0 Å². The zero-order valence-electron chi connectivity index (χ0n) is 9.41. The molecular weight excluding hydrogens is 232 g/mol. The number of aliphatic hydroxyl groups excluding tert-OH is 4. The van der Waals surface area contributed by atoms with E-state index < -0.39 is 12.0 Å². The van der Waals surface area contributed by atoms with Crippen LogP contribution in [0.15, 0.2) is 53.5 Å². The van der Waals surface area contributed by atoms with Gasteiger partial charge in [0.1, 0.15) is 17.3 Å². The average molecular weight is 244 g/mol. The molecule has 0 aromatic heterocycles. The van der Waals surface area contributed by atoms with Crippen molar-refractivity contribution in [1.29, 1.82) is 0 Å². The highest BCUT2D eigenvalue weighted by Crippen LogP contribution is 2.46. The summed E-state index contributed by atoms with van der Waals surface area (Å²) in [6, 6.07) is 6.84. The number of aliphatic hydroxyl groups is 4. The van der Waals surface area contributed by atoms with Gasteiger partial charge in [0, 0.05) is 11.1 Å². The monoisotopic (exact) mass is 244 g/mol. The molecule has 0 fully saturated rings. The summed E-state index contributed by atoms with van der Waals surface area (Å²) in [7, 11) is 0. The molecule has 0 aliphatic heterocycles. The fourth-order valence-corrected chi connectivity index (χ4v) is 2.55. The van der Waals surface area contributed by atoms with Crippen LogP contribution in [0, 0.1) is 5.92 Å². The van der Waals surface area contributed by atoms with Crippen LogP contribution in [0.5, 0.6) is 0 Å². The molecule has 92 valence electrons. The topological polar surface area (TPSA) is 80.9 Å². The Balaban J connectivity index is 2.30. The minimum absolute atomic E-state index is 0.0728. The molecule has 0 saturated heterocycles. The summed E-state index contributed by atoms with van der Waals surface area (Å²) >= 11 is 0. The molecule has 18 heavy (non-hydrogen) atoms. The molecule has 4 heteroatoms. The molecule has 2 unspecified atom stereocenters. The van der Waals surface area contributed by atoms with Crippen LogP contribution in [0.25, 0.3) is 5.76 Å². The fraction of sp³-hybridized carbons (Fsp3) is 0.143. The third kappa shape index (κ3) is 1.29. The number of benzene rings is 1. The van der Waals surface area contributed by atoms with Gasteiger partial charge in [-0.15, -0.1) is 0 Å². The first-order chi connectivity index (χ1) is 8.61. The Morgan fingerprint density at radius 1 is 0.944 bits per heavy atom. The number of fused-ring (bicyclic) bond motifs is 2. The lowest BCUT2D eigenvalue weighted by molar-refractivity contribution is 0.111. The Hall–Kier alpha value is -2.20.